The molecule has 1 aliphatic rings. The van der Waals surface area contributed by atoms with E-state index in [2.05, 4.69) is 16.0 Å². The minimum Gasteiger partial charge on any atom is -0.459 e. The standard InChI is InChI=1S/C16H17ClN4O5S/c1-10-12(15(17)21(20-10)11-6-8-27(24,25)9-11)4-5-14(22)18-19-16(23)13-3-2-7-26-13/h2-5,7,11H,6,8-9H2,1H3,(H,18,22)(H,19,23)/b5-4+/t11-/m1/s1. The van der Waals surface area contributed by atoms with Crippen LogP contribution in [0.3, 0.4) is 0 Å². The summed E-state index contributed by atoms with van der Waals surface area (Å²) in [6.45, 7) is 1.71. The van der Waals surface area contributed by atoms with Crippen LogP contribution in [0.25, 0.3) is 6.08 Å². The number of carbonyl (C=O) groups is 2. The molecule has 0 bridgehead atoms. The van der Waals surface area contributed by atoms with Crippen LogP contribution in [0.2, 0.25) is 5.15 Å². The average molecular weight is 413 g/mol. The molecule has 2 aromatic rings. The van der Waals surface area contributed by atoms with Crippen molar-refractivity contribution in [2.45, 2.75) is 19.4 Å². The van der Waals surface area contributed by atoms with Crippen molar-refractivity contribution in [1.29, 1.82) is 0 Å². The summed E-state index contributed by atoms with van der Waals surface area (Å²) >= 11 is 6.32. The molecule has 0 spiro atoms. The smallest absolute Gasteiger partial charge is 0.305 e. The first-order valence-corrected chi connectivity index (χ1v) is 10.2. The Kier molecular flexibility index (Phi) is 5.38. The summed E-state index contributed by atoms with van der Waals surface area (Å²) in [4.78, 5) is 23.5. The molecular formula is C16H17ClN4O5S. The highest BCUT2D eigenvalue weighted by Crippen LogP contribution is 2.30. The molecule has 1 saturated heterocycles. The monoisotopic (exact) mass is 412 g/mol. The molecule has 0 saturated carbocycles. The van der Waals surface area contributed by atoms with E-state index in [0.29, 0.717) is 17.7 Å². The van der Waals surface area contributed by atoms with E-state index < -0.39 is 21.7 Å². The van der Waals surface area contributed by atoms with Crippen LogP contribution in [0.15, 0.2) is 28.9 Å². The molecule has 3 rings (SSSR count). The van der Waals surface area contributed by atoms with Crippen LogP contribution in [-0.2, 0) is 14.6 Å². The van der Waals surface area contributed by atoms with Crippen molar-refractivity contribution in [3.63, 3.8) is 0 Å². The van der Waals surface area contributed by atoms with Gasteiger partial charge in [-0.15, -0.1) is 0 Å². The quantitative estimate of drug-likeness (QED) is 0.575. The number of furan rings is 1. The van der Waals surface area contributed by atoms with Gasteiger partial charge in [-0.3, -0.25) is 20.4 Å². The molecular weight excluding hydrogens is 396 g/mol. The maximum Gasteiger partial charge on any atom is 0.305 e. The van der Waals surface area contributed by atoms with Crippen LogP contribution < -0.4 is 10.9 Å². The van der Waals surface area contributed by atoms with Gasteiger partial charge in [0.05, 0.1) is 29.5 Å². The second kappa shape index (κ2) is 7.57. The first-order chi connectivity index (χ1) is 12.8. The Balaban J connectivity index is 1.65. The van der Waals surface area contributed by atoms with E-state index in [0.717, 1.165) is 0 Å². The van der Waals surface area contributed by atoms with Crippen molar-refractivity contribution in [3.05, 3.63) is 46.6 Å². The fraction of sp³-hybridized carbons (Fsp3) is 0.312. The molecule has 1 atom stereocenters. The molecule has 9 nitrogen and oxygen atoms in total. The van der Waals surface area contributed by atoms with Gasteiger partial charge < -0.3 is 4.42 Å². The van der Waals surface area contributed by atoms with Crippen LogP contribution in [0, 0.1) is 6.92 Å². The first-order valence-electron chi connectivity index (χ1n) is 8.04. The molecule has 1 fully saturated rings. The summed E-state index contributed by atoms with van der Waals surface area (Å²) in [7, 11) is -3.07. The van der Waals surface area contributed by atoms with E-state index >= 15 is 0 Å². The third kappa shape index (κ3) is 4.40. The van der Waals surface area contributed by atoms with Crippen molar-refractivity contribution in [2.24, 2.45) is 0 Å². The van der Waals surface area contributed by atoms with E-state index in [9.17, 15) is 18.0 Å². The summed E-state index contributed by atoms with van der Waals surface area (Å²) in [5, 5.41) is 4.56. The number of hydrogen-bond donors (Lipinski definition) is 2. The van der Waals surface area contributed by atoms with E-state index in [1.54, 1.807) is 13.0 Å². The molecule has 0 unspecified atom stereocenters. The zero-order valence-corrected chi connectivity index (χ0v) is 15.9. The number of hydrazine groups is 1. The molecule has 2 aromatic heterocycles. The molecule has 27 heavy (non-hydrogen) atoms. The Labute approximate surface area is 160 Å². The van der Waals surface area contributed by atoms with Crippen molar-refractivity contribution >= 4 is 39.3 Å². The van der Waals surface area contributed by atoms with E-state index in [1.165, 1.54) is 29.2 Å². The van der Waals surface area contributed by atoms with Crippen molar-refractivity contribution < 1.29 is 22.4 Å². The lowest BCUT2D eigenvalue weighted by atomic mass is 10.2. The molecule has 0 aromatic carbocycles. The highest BCUT2D eigenvalue weighted by molar-refractivity contribution is 7.91. The minimum absolute atomic E-state index is 0.00368. The topological polar surface area (TPSA) is 123 Å². The van der Waals surface area contributed by atoms with Gasteiger partial charge in [0.2, 0.25) is 0 Å². The number of amides is 2. The lowest BCUT2D eigenvalue weighted by Crippen LogP contribution is -2.40. The highest BCUT2D eigenvalue weighted by Gasteiger charge is 2.31. The van der Waals surface area contributed by atoms with Crippen molar-refractivity contribution in [3.8, 4) is 0 Å². The van der Waals surface area contributed by atoms with Crippen LogP contribution in [0.4, 0.5) is 0 Å². The van der Waals surface area contributed by atoms with E-state index in [1.807, 2.05) is 0 Å². The van der Waals surface area contributed by atoms with Gasteiger partial charge in [0.25, 0.3) is 5.91 Å². The van der Waals surface area contributed by atoms with Gasteiger partial charge in [0.15, 0.2) is 15.6 Å². The molecule has 3 heterocycles. The van der Waals surface area contributed by atoms with E-state index in [4.69, 9.17) is 16.0 Å². The van der Waals surface area contributed by atoms with Gasteiger partial charge in [-0.2, -0.15) is 5.10 Å². The zero-order valence-electron chi connectivity index (χ0n) is 14.3. The molecule has 2 N–H and O–H groups in total. The third-order valence-corrected chi connectivity index (χ3v) is 6.20. The molecule has 0 aliphatic carbocycles. The normalized spacial score (nSPS) is 18.7. The second-order valence-electron chi connectivity index (χ2n) is 6.05. The predicted octanol–water partition coefficient (Wildman–Crippen LogP) is 1.27. The van der Waals surface area contributed by atoms with Crippen LogP contribution in [-0.4, -0.2) is 41.5 Å². The largest absolute Gasteiger partial charge is 0.459 e. The lowest BCUT2D eigenvalue weighted by Gasteiger charge is -2.09. The second-order valence-corrected chi connectivity index (χ2v) is 8.63. The maximum atomic E-state index is 11.9. The fourth-order valence-corrected chi connectivity index (χ4v) is 4.79. The molecule has 0 radical (unpaired) electrons. The molecule has 1 aliphatic heterocycles. The van der Waals surface area contributed by atoms with Gasteiger partial charge in [-0.1, -0.05) is 11.6 Å². The van der Waals surface area contributed by atoms with Gasteiger partial charge in [0.1, 0.15) is 5.15 Å². The Hall–Kier alpha value is -2.59. The number of halogens is 1. The highest BCUT2D eigenvalue weighted by atomic mass is 35.5. The SMILES string of the molecule is Cc1nn([C@@H]2CCS(=O)(=O)C2)c(Cl)c1/C=C/C(=O)NNC(=O)c1ccco1. The number of nitrogens with one attached hydrogen (secondary N) is 2. The molecule has 2 amide bonds. The summed E-state index contributed by atoms with van der Waals surface area (Å²) in [6, 6.07) is 2.69. The van der Waals surface area contributed by atoms with E-state index in [-0.39, 0.29) is 28.5 Å². The number of sulfone groups is 1. The summed E-state index contributed by atoms with van der Waals surface area (Å²) < 4.78 is 29.7. The number of aryl methyl sites for hydroxylation is 1. The van der Waals surface area contributed by atoms with Crippen LogP contribution in [0.5, 0.6) is 0 Å². The average Bonchev–Trinajstić information content (AvgIpc) is 3.32. The predicted molar refractivity (Wildman–Crippen MR) is 97.6 cm³/mol. The van der Waals surface area contributed by atoms with Crippen LogP contribution in [0.1, 0.15) is 34.3 Å². The summed E-state index contributed by atoms with van der Waals surface area (Å²) in [6.07, 6.45) is 4.44. The number of aromatic nitrogens is 2. The lowest BCUT2D eigenvalue weighted by molar-refractivity contribution is -0.117. The molecule has 144 valence electrons. The Morgan fingerprint density at radius 2 is 2.19 bits per heavy atom. The number of rotatable bonds is 4. The maximum absolute atomic E-state index is 11.9. The minimum atomic E-state index is -3.07. The number of hydrogen-bond acceptors (Lipinski definition) is 6. The fourth-order valence-electron chi connectivity index (χ4n) is 2.72. The van der Waals surface area contributed by atoms with Gasteiger partial charge in [-0.05, 0) is 31.6 Å². The van der Waals surface area contributed by atoms with Crippen LogP contribution >= 0.6 is 11.6 Å². The number of nitrogens with zero attached hydrogens (tertiary/aromatic N) is 2. The van der Waals surface area contributed by atoms with Gasteiger partial charge in [-0.25, -0.2) is 13.1 Å². The number of carbonyl (C=O) groups excluding carboxylic acids is 2. The first kappa shape index (κ1) is 19.2. The van der Waals surface area contributed by atoms with Crippen molar-refractivity contribution in [1.82, 2.24) is 20.6 Å². The zero-order chi connectivity index (χ0) is 19.6. The van der Waals surface area contributed by atoms with Crippen molar-refractivity contribution in [2.75, 3.05) is 11.5 Å². The summed E-state index contributed by atoms with van der Waals surface area (Å²) in [5.74, 6) is -1.01. The third-order valence-electron chi connectivity index (χ3n) is 4.07. The Morgan fingerprint density at radius 3 is 2.81 bits per heavy atom. The molecule has 11 heteroatoms. The van der Waals surface area contributed by atoms with Gasteiger partial charge in [0, 0.05) is 11.6 Å². The summed E-state index contributed by atoms with van der Waals surface area (Å²) in [5.41, 5.74) is 5.49. The Bertz CT molecular complexity index is 994. The van der Waals surface area contributed by atoms with Gasteiger partial charge >= 0.3 is 5.91 Å². The Morgan fingerprint density at radius 1 is 1.41 bits per heavy atom.